The molecule has 0 unspecified atom stereocenters. The number of hydrogen-bond acceptors (Lipinski definition) is 4. The van der Waals surface area contributed by atoms with E-state index in [1.54, 1.807) is 0 Å². The van der Waals surface area contributed by atoms with Crippen molar-refractivity contribution in [1.82, 2.24) is 20.2 Å². The summed E-state index contributed by atoms with van der Waals surface area (Å²) in [5, 5.41) is 3.35. The summed E-state index contributed by atoms with van der Waals surface area (Å²) in [4.78, 5) is 21.6. The van der Waals surface area contributed by atoms with Crippen molar-refractivity contribution in [3.8, 4) is 0 Å². The first-order valence-corrected chi connectivity index (χ1v) is 7.21. The first-order valence-electron chi connectivity index (χ1n) is 7.21. The van der Waals surface area contributed by atoms with Crippen LogP contribution in [0, 0.1) is 0 Å². The molecule has 1 aliphatic rings. The maximum atomic E-state index is 11.8. The minimum atomic E-state index is -0.0701. The van der Waals surface area contributed by atoms with E-state index in [1.165, 1.54) is 5.56 Å². The number of aromatic nitrogens is 2. The summed E-state index contributed by atoms with van der Waals surface area (Å²) in [6, 6.07) is 6.16. The van der Waals surface area contributed by atoms with E-state index in [1.807, 2.05) is 19.1 Å². The van der Waals surface area contributed by atoms with Gasteiger partial charge in [-0.15, -0.1) is 12.4 Å². The van der Waals surface area contributed by atoms with E-state index in [0.29, 0.717) is 12.1 Å². The van der Waals surface area contributed by atoms with Gasteiger partial charge in [-0.25, -0.2) is 4.98 Å². The van der Waals surface area contributed by atoms with Crippen LogP contribution in [0.2, 0.25) is 0 Å². The van der Waals surface area contributed by atoms with Crippen LogP contribution in [0.25, 0.3) is 11.0 Å². The van der Waals surface area contributed by atoms with Gasteiger partial charge in [-0.2, -0.15) is 0 Å². The van der Waals surface area contributed by atoms with Gasteiger partial charge in [0.25, 0.3) is 5.56 Å². The highest BCUT2D eigenvalue weighted by atomic mass is 35.5. The summed E-state index contributed by atoms with van der Waals surface area (Å²) in [6.07, 6.45) is 0.661. The van der Waals surface area contributed by atoms with Gasteiger partial charge in [0.2, 0.25) is 0 Å². The predicted octanol–water partition coefficient (Wildman–Crippen LogP) is 1.31. The molecule has 1 aromatic carbocycles. The van der Waals surface area contributed by atoms with Gasteiger partial charge in [0, 0.05) is 32.7 Å². The van der Waals surface area contributed by atoms with Crippen LogP contribution in [0.5, 0.6) is 0 Å². The van der Waals surface area contributed by atoms with Crippen molar-refractivity contribution in [3.05, 3.63) is 39.8 Å². The number of rotatable bonds is 3. The van der Waals surface area contributed by atoms with Crippen LogP contribution in [0.3, 0.4) is 0 Å². The van der Waals surface area contributed by atoms with Crippen LogP contribution in [-0.2, 0) is 13.0 Å². The zero-order valence-electron chi connectivity index (χ0n) is 12.2. The van der Waals surface area contributed by atoms with Gasteiger partial charge in [-0.05, 0) is 24.1 Å². The number of aryl methyl sites for hydroxylation is 1. The lowest BCUT2D eigenvalue weighted by molar-refractivity contribution is 0.233. The molecule has 0 aliphatic carbocycles. The quantitative estimate of drug-likeness (QED) is 0.897. The fourth-order valence-electron chi connectivity index (χ4n) is 2.64. The molecule has 0 spiro atoms. The maximum Gasteiger partial charge on any atom is 0.270 e. The molecular formula is C15H21ClN4O. The maximum absolute atomic E-state index is 11.8. The van der Waals surface area contributed by atoms with Gasteiger partial charge in [-0.1, -0.05) is 13.0 Å². The third-order valence-corrected chi connectivity index (χ3v) is 3.78. The minimum absolute atomic E-state index is 0. The predicted molar refractivity (Wildman–Crippen MR) is 87.1 cm³/mol. The Labute approximate surface area is 130 Å². The van der Waals surface area contributed by atoms with E-state index >= 15 is 0 Å². The van der Waals surface area contributed by atoms with E-state index in [4.69, 9.17) is 0 Å². The summed E-state index contributed by atoms with van der Waals surface area (Å²) in [5.74, 6) is 0. The van der Waals surface area contributed by atoms with Crippen LogP contribution in [0.4, 0.5) is 0 Å². The Morgan fingerprint density at radius 3 is 2.76 bits per heavy atom. The Bertz CT molecular complexity index is 664. The monoisotopic (exact) mass is 308 g/mol. The van der Waals surface area contributed by atoms with Gasteiger partial charge in [0.1, 0.15) is 5.69 Å². The van der Waals surface area contributed by atoms with Crippen LogP contribution in [-0.4, -0.2) is 41.0 Å². The molecular weight excluding hydrogens is 288 g/mol. The number of H-pyrrole nitrogens is 1. The lowest BCUT2D eigenvalue weighted by atomic mass is 10.1. The fourth-order valence-corrected chi connectivity index (χ4v) is 2.64. The summed E-state index contributed by atoms with van der Waals surface area (Å²) >= 11 is 0. The van der Waals surface area contributed by atoms with Crippen LogP contribution >= 0.6 is 12.4 Å². The van der Waals surface area contributed by atoms with E-state index in [2.05, 4.69) is 26.3 Å². The Morgan fingerprint density at radius 1 is 1.29 bits per heavy atom. The van der Waals surface area contributed by atoms with Crippen LogP contribution in [0.1, 0.15) is 18.2 Å². The number of benzene rings is 1. The average Bonchev–Trinajstić information content (AvgIpc) is 2.47. The zero-order chi connectivity index (χ0) is 13.9. The zero-order valence-corrected chi connectivity index (χ0v) is 13.0. The summed E-state index contributed by atoms with van der Waals surface area (Å²) < 4.78 is 0. The van der Waals surface area contributed by atoms with Crippen molar-refractivity contribution in [2.24, 2.45) is 0 Å². The van der Waals surface area contributed by atoms with Crippen molar-refractivity contribution in [2.45, 2.75) is 19.9 Å². The van der Waals surface area contributed by atoms with Crippen LogP contribution in [0.15, 0.2) is 23.0 Å². The van der Waals surface area contributed by atoms with Crippen LogP contribution < -0.4 is 10.9 Å². The number of nitrogens with one attached hydrogen (secondary N) is 2. The van der Waals surface area contributed by atoms with E-state index in [9.17, 15) is 4.79 Å². The van der Waals surface area contributed by atoms with Gasteiger partial charge in [0.15, 0.2) is 0 Å². The largest absolute Gasteiger partial charge is 0.319 e. The van der Waals surface area contributed by atoms with Gasteiger partial charge in [-0.3, -0.25) is 9.69 Å². The molecule has 1 aliphatic heterocycles. The summed E-state index contributed by atoms with van der Waals surface area (Å²) in [7, 11) is 0. The highest BCUT2D eigenvalue weighted by Gasteiger charge is 2.10. The molecule has 1 saturated heterocycles. The molecule has 0 amide bonds. The van der Waals surface area contributed by atoms with E-state index in [-0.39, 0.29) is 18.0 Å². The Balaban J connectivity index is 0.00000161. The Kier molecular flexibility index (Phi) is 5.33. The first kappa shape index (κ1) is 15.9. The Hall–Kier alpha value is -1.43. The Morgan fingerprint density at radius 2 is 2.05 bits per heavy atom. The first-order chi connectivity index (χ1) is 9.76. The minimum Gasteiger partial charge on any atom is -0.319 e. The number of nitrogens with zero attached hydrogens (tertiary/aromatic N) is 2. The lowest BCUT2D eigenvalue weighted by Crippen LogP contribution is -2.42. The van der Waals surface area contributed by atoms with Gasteiger partial charge >= 0.3 is 0 Å². The topological polar surface area (TPSA) is 61.0 Å². The van der Waals surface area contributed by atoms with Crippen molar-refractivity contribution >= 4 is 23.4 Å². The molecule has 2 aromatic rings. The SMILES string of the molecule is CCc1nc2ccc(CN3CCNCC3)cc2[nH]c1=O.Cl. The molecule has 0 saturated carbocycles. The average molecular weight is 309 g/mol. The highest BCUT2D eigenvalue weighted by Crippen LogP contribution is 2.13. The van der Waals surface area contributed by atoms with Crippen molar-refractivity contribution in [3.63, 3.8) is 0 Å². The molecule has 114 valence electrons. The molecule has 2 heterocycles. The molecule has 0 bridgehead atoms. The fraction of sp³-hybridized carbons (Fsp3) is 0.467. The summed E-state index contributed by atoms with van der Waals surface area (Å²) in [6.45, 7) is 7.11. The second-order valence-corrected chi connectivity index (χ2v) is 5.24. The number of halogens is 1. The molecule has 3 rings (SSSR count). The normalized spacial score (nSPS) is 15.9. The molecule has 2 N–H and O–H groups in total. The number of hydrogen-bond donors (Lipinski definition) is 2. The number of aromatic amines is 1. The molecule has 6 heteroatoms. The molecule has 0 atom stereocenters. The molecule has 5 nitrogen and oxygen atoms in total. The van der Waals surface area contributed by atoms with Crippen molar-refractivity contribution in [1.29, 1.82) is 0 Å². The van der Waals surface area contributed by atoms with E-state index < -0.39 is 0 Å². The van der Waals surface area contributed by atoms with Crippen molar-refractivity contribution in [2.75, 3.05) is 26.2 Å². The third kappa shape index (κ3) is 3.61. The smallest absolute Gasteiger partial charge is 0.270 e. The third-order valence-electron chi connectivity index (χ3n) is 3.78. The second kappa shape index (κ2) is 7.02. The summed E-state index contributed by atoms with van der Waals surface area (Å²) in [5.41, 5.74) is 3.46. The highest BCUT2D eigenvalue weighted by molar-refractivity contribution is 5.85. The van der Waals surface area contributed by atoms with Gasteiger partial charge in [0.05, 0.1) is 11.0 Å². The van der Waals surface area contributed by atoms with E-state index in [0.717, 1.165) is 43.8 Å². The molecule has 1 fully saturated rings. The lowest BCUT2D eigenvalue weighted by Gasteiger charge is -2.27. The standard InChI is InChI=1S/C15H20N4O.ClH/c1-2-12-15(20)18-14-9-11(3-4-13(14)17-12)10-19-7-5-16-6-8-19;/h3-4,9,16H,2,5-8,10H2,1H3,(H,18,20);1H. The molecule has 0 radical (unpaired) electrons. The second-order valence-electron chi connectivity index (χ2n) is 5.24. The molecule has 21 heavy (non-hydrogen) atoms. The number of piperazine rings is 1. The number of fused-ring (bicyclic) bond motifs is 1. The molecule has 1 aromatic heterocycles. The van der Waals surface area contributed by atoms with Crippen molar-refractivity contribution < 1.29 is 0 Å². The van der Waals surface area contributed by atoms with Gasteiger partial charge < -0.3 is 10.3 Å².